The number of aryl methyl sites for hydroxylation is 1. The summed E-state index contributed by atoms with van der Waals surface area (Å²) in [7, 11) is -4.26. The zero-order valence-electron chi connectivity index (χ0n) is 24.2. The Bertz CT molecular complexity index is 1680. The molecule has 4 rings (SSSR count). The summed E-state index contributed by atoms with van der Waals surface area (Å²) < 4.78 is 30.1. The van der Waals surface area contributed by atoms with Crippen LogP contribution in [-0.4, -0.2) is 44.3 Å². The molecule has 4 aromatic carbocycles. The first-order valence-electron chi connectivity index (χ1n) is 13.9. The Morgan fingerprint density at radius 1 is 0.864 bits per heavy atom. The lowest BCUT2D eigenvalue weighted by Gasteiger charge is -2.34. The monoisotopic (exact) mass is 715 g/mol. The SMILES string of the molecule is CCNC(=O)C(Cc1ccccc1)N(Cc1ccc(Br)cc1)C(=O)CN(c1cc(Cl)cc(Cl)c1)S(=O)(=O)c1ccc(C)cc1. The van der Waals surface area contributed by atoms with Crippen LogP contribution in [0.2, 0.25) is 10.0 Å². The molecule has 7 nitrogen and oxygen atoms in total. The first kappa shape index (κ1) is 33.5. The van der Waals surface area contributed by atoms with Gasteiger partial charge in [0.2, 0.25) is 11.8 Å². The maximum absolute atomic E-state index is 14.4. The van der Waals surface area contributed by atoms with Crippen LogP contribution in [0.1, 0.15) is 23.6 Å². The summed E-state index contributed by atoms with van der Waals surface area (Å²) in [6.07, 6.45) is 0.225. The fraction of sp³-hybridized carbons (Fsp3) is 0.212. The molecule has 230 valence electrons. The summed E-state index contributed by atoms with van der Waals surface area (Å²) in [5, 5.41) is 3.27. The Hall–Kier alpha value is -3.37. The van der Waals surface area contributed by atoms with Crippen LogP contribution in [-0.2, 0) is 32.6 Å². The first-order valence-corrected chi connectivity index (χ1v) is 16.9. The summed E-state index contributed by atoms with van der Waals surface area (Å²) in [5.74, 6) is -0.924. The van der Waals surface area contributed by atoms with E-state index < -0.39 is 28.5 Å². The molecular weight excluding hydrogens is 685 g/mol. The number of hydrogen-bond acceptors (Lipinski definition) is 4. The maximum Gasteiger partial charge on any atom is 0.264 e. The molecule has 0 aliphatic heterocycles. The highest BCUT2D eigenvalue weighted by Crippen LogP contribution is 2.30. The molecule has 1 atom stereocenters. The molecule has 1 N–H and O–H groups in total. The minimum absolute atomic E-state index is 0.00369. The van der Waals surface area contributed by atoms with Gasteiger partial charge in [-0.1, -0.05) is 99.3 Å². The van der Waals surface area contributed by atoms with Crippen LogP contribution >= 0.6 is 39.1 Å². The van der Waals surface area contributed by atoms with E-state index in [9.17, 15) is 18.0 Å². The number of rotatable bonds is 12. The molecule has 0 radical (unpaired) electrons. The Balaban J connectivity index is 1.81. The quantitative estimate of drug-likeness (QED) is 0.171. The van der Waals surface area contributed by atoms with E-state index in [-0.39, 0.29) is 39.5 Å². The molecule has 0 heterocycles. The summed E-state index contributed by atoms with van der Waals surface area (Å²) >= 11 is 16.0. The van der Waals surface area contributed by atoms with Crippen LogP contribution in [0, 0.1) is 6.92 Å². The number of halogens is 3. The van der Waals surface area contributed by atoms with Gasteiger partial charge in [-0.2, -0.15) is 0 Å². The normalized spacial score (nSPS) is 11.9. The molecule has 4 aromatic rings. The van der Waals surface area contributed by atoms with Crippen molar-refractivity contribution in [2.24, 2.45) is 0 Å². The van der Waals surface area contributed by atoms with Gasteiger partial charge in [0.15, 0.2) is 0 Å². The number of carbonyl (C=O) groups is 2. The third-order valence-electron chi connectivity index (χ3n) is 6.91. The Morgan fingerprint density at radius 2 is 1.48 bits per heavy atom. The second-order valence-corrected chi connectivity index (χ2v) is 13.9. The van der Waals surface area contributed by atoms with E-state index in [1.807, 2.05) is 61.5 Å². The van der Waals surface area contributed by atoms with E-state index in [0.29, 0.717) is 6.54 Å². The van der Waals surface area contributed by atoms with Gasteiger partial charge in [-0.25, -0.2) is 8.42 Å². The third kappa shape index (κ3) is 8.63. The predicted molar refractivity (Wildman–Crippen MR) is 179 cm³/mol. The van der Waals surface area contributed by atoms with Crippen LogP contribution in [0.4, 0.5) is 5.69 Å². The molecule has 0 spiro atoms. The predicted octanol–water partition coefficient (Wildman–Crippen LogP) is 7.04. The third-order valence-corrected chi connectivity index (χ3v) is 9.66. The average Bonchev–Trinajstić information content (AvgIpc) is 2.98. The van der Waals surface area contributed by atoms with Crippen LogP contribution < -0.4 is 9.62 Å². The number of anilines is 1. The fourth-order valence-electron chi connectivity index (χ4n) is 4.68. The molecule has 0 aliphatic carbocycles. The molecule has 11 heteroatoms. The maximum atomic E-state index is 14.4. The van der Waals surface area contributed by atoms with Gasteiger partial charge in [0, 0.05) is 34.0 Å². The van der Waals surface area contributed by atoms with Crippen molar-refractivity contribution < 1.29 is 18.0 Å². The molecular formula is C33H32BrCl2N3O4S. The number of sulfonamides is 1. The lowest BCUT2D eigenvalue weighted by atomic mass is 10.0. The number of amides is 2. The molecule has 44 heavy (non-hydrogen) atoms. The van der Waals surface area contributed by atoms with Crippen molar-refractivity contribution >= 4 is 66.7 Å². The van der Waals surface area contributed by atoms with Gasteiger partial charge in [0.25, 0.3) is 10.0 Å². The van der Waals surface area contributed by atoms with Gasteiger partial charge in [-0.3, -0.25) is 13.9 Å². The Kier molecular flexibility index (Phi) is 11.5. The largest absolute Gasteiger partial charge is 0.355 e. The Labute approximate surface area is 277 Å². The van der Waals surface area contributed by atoms with Crippen molar-refractivity contribution in [1.29, 1.82) is 0 Å². The second kappa shape index (κ2) is 15.1. The first-order chi connectivity index (χ1) is 21.0. The van der Waals surface area contributed by atoms with E-state index in [4.69, 9.17) is 23.2 Å². The van der Waals surface area contributed by atoms with Crippen molar-refractivity contribution in [3.8, 4) is 0 Å². The van der Waals surface area contributed by atoms with Gasteiger partial charge in [-0.15, -0.1) is 0 Å². The van der Waals surface area contributed by atoms with Gasteiger partial charge in [0.1, 0.15) is 12.6 Å². The lowest BCUT2D eigenvalue weighted by Crippen LogP contribution is -2.53. The molecule has 0 saturated heterocycles. The lowest BCUT2D eigenvalue weighted by molar-refractivity contribution is -0.140. The summed E-state index contributed by atoms with van der Waals surface area (Å²) in [5.41, 5.74) is 2.62. The number of nitrogens with zero attached hydrogens (tertiary/aromatic N) is 2. The molecule has 0 saturated carbocycles. The number of carbonyl (C=O) groups excluding carboxylic acids is 2. The van der Waals surface area contributed by atoms with Crippen LogP contribution in [0.25, 0.3) is 0 Å². The number of likely N-dealkylation sites (N-methyl/N-ethyl adjacent to an activating group) is 1. The van der Waals surface area contributed by atoms with Gasteiger partial charge in [-0.05, 0) is 67.4 Å². The minimum atomic E-state index is -4.26. The summed E-state index contributed by atoms with van der Waals surface area (Å²) in [6.45, 7) is 3.47. The molecule has 0 aliphatic rings. The average molecular weight is 718 g/mol. The summed E-state index contributed by atoms with van der Waals surface area (Å²) in [4.78, 5) is 29.4. The van der Waals surface area contributed by atoms with Crippen molar-refractivity contribution in [2.45, 2.75) is 37.8 Å². The van der Waals surface area contributed by atoms with Crippen molar-refractivity contribution in [2.75, 3.05) is 17.4 Å². The number of benzene rings is 4. The van der Waals surface area contributed by atoms with E-state index in [0.717, 1.165) is 25.5 Å². The molecule has 1 unspecified atom stereocenters. The smallest absolute Gasteiger partial charge is 0.264 e. The zero-order chi connectivity index (χ0) is 31.9. The second-order valence-electron chi connectivity index (χ2n) is 10.2. The van der Waals surface area contributed by atoms with Crippen molar-refractivity contribution in [3.05, 3.63) is 128 Å². The fourth-order valence-corrected chi connectivity index (χ4v) is 6.86. The van der Waals surface area contributed by atoms with E-state index in [2.05, 4.69) is 21.2 Å². The standard InChI is InChI=1S/C33H32BrCl2N3O4S/c1-3-37-33(41)31(17-24-7-5-4-6-8-24)38(21-25-11-13-26(34)14-12-25)32(40)22-39(29-19-27(35)18-28(36)20-29)44(42,43)30-15-9-23(2)10-16-30/h4-16,18-20,31H,3,17,21-22H2,1-2H3,(H,37,41). The van der Waals surface area contributed by atoms with Gasteiger partial charge < -0.3 is 10.2 Å². The molecule has 0 aromatic heterocycles. The number of nitrogens with one attached hydrogen (secondary N) is 1. The van der Waals surface area contributed by atoms with Crippen molar-refractivity contribution in [3.63, 3.8) is 0 Å². The highest BCUT2D eigenvalue weighted by molar-refractivity contribution is 9.10. The van der Waals surface area contributed by atoms with Crippen LogP contribution in [0.3, 0.4) is 0 Å². The topological polar surface area (TPSA) is 86.8 Å². The van der Waals surface area contributed by atoms with Crippen molar-refractivity contribution in [1.82, 2.24) is 10.2 Å². The Morgan fingerprint density at radius 3 is 2.07 bits per heavy atom. The highest BCUT2D eigenvalue weighted by atomic mass is 79.9. The zero-order valence-corrected chi connectivity index (χ0v) is 28.1. The summed E-state index contributed by atoms with van der Waals surface area (Å²) in [6, 6.07) is 26.5. The minimum Gasteiger partial charge on any atom is -0.355 e. The molecule has 0 bridgehead atoms. The van der Waals surface area contributed by atoms with Crippen LogP contribution in [0.15, 0.2) is 106 Å². The molecule has 2 amide bonds. The molecule has 0 fully saturated rings. The van der Waals surface area contributed by atoms with Gasteiger partial charge in [0.05, 0.1) is 10.6 Å². The van der Waals surface area contributed by atoms with E-state index in [1.165, 1.54) is 35.2 Å². The van der Waals surface area contributed by atoms with E-state index >= 15 is 0 Å². The van der Waals surface area contributed by atoms with Crippen LogP contribution in [0.5, 0.6) is 0 Å². The number of hydrogen-bond donors (Lipinski definition) is 1. The van der Waals surface area contributed by atoms with E-state index in [1.54, 1.807) is 19.1 Å². The van der Waals surface area contributed by atoms with Gasteiger partial charge >= 0.3 is 0 Å². The highest BCUT2D eigenvalue weighted by Gasteiger charge is 2.34.